The van der Waals surface area contributed by atoms with Gasteiger partial charge in [0.25, 0.3) is 0 Å². The van der Waals surface area contributed by atoms with Crippen LogP contribution in [-0.4, -0.2) is 11.8 Å². The minimum absolute atomic E-state index is 0.219. The van der Waals surface area contributed by atoms with Crippen LogP contribution in [0.3, 0.4) is 0 Å². The van der Waals surface area contributed by atoms with Gasteiger partial charge in [0.2, 0.25) is 11.8 Å². The summed E-state index contributed by atoms with van der Waals surface area (Å²) < 4.78 is 0.975. The summed E-state index contributed by atoms with van der Waals surface area (Å²) in [5, 5.41) is 5.54. The lowest BCUT2D eigenvalue weighted by Crippen LogP contribution is -2.22. The third-order valence-corrected chi connectivity index (χ3v) is 4.40. The second kappa shape index (κ2) is 7.42. The van der Waals surface area contributed by atoms with Crippen LogP contribution in [0.15, 0.2) is 40.9 Å². The average Bonchev–Trinajstić information content (AvgIpc) is 2.47. The molecule has 0 spiro atoms. The van der Waals surface area contributed by atoms with Gasteiger partial charge in [-0.2, -0.15) is 0 Å². The molecule has 0 saturated carbocycles. The van der Waals surface area contributed by atoms with Gasteiger partial charge in [0.1, 0.15) is 6.42 Å². The lowest BCUT2D eigenvalue weighted by Gasteiger charge is -2.11. The highest BCUT2D eigenvalue weighted by atomic mass is 79.9. The molecule has 2 rings (SSSR count). The van der Waals surface area contributed by atoms with Gasteiger partial charge in [-0.25, -0.2) is 0 Å². The molecule has 0 radical (unpaired) electrons. The monoisotopic (exact) mass is 374 g/mol. The van der Waals surface area contributed by atoms with Gasteiger partial charge in [-0.05, 0) is 55.7 Å². The van der Waals surface area contributed by atoms with Crippen molar-refractivity contribution in [2.24, 2.45) is 0 Å². The Labute approximate surface area is 144 Å². The van der Waals surface area contributed by atoms with E-state index in [2.05, 4.69) is 26.6 Å². The lowest BCUT2D eigenvalue weighted by molar-refractivity contribution is -0.123. The maximum absolute atomic E-state index is 12.1. The van der Waals surface area contributed by atoms with E-state index in [1.54, 1.807) is 6.07 Å². The molecule has 0 heterocycles. The molecule has 0 fully saturated rings. The van der Waals surface area contributed by atoms with E-state index in [0.29, 0.717) is 5.69 Å². The zero-order valence-corrected chi connectivity index (χ0v) is 15.0. The highest BCUT2D eigenvalue weighted by Gasteiger charge is 2.12. The molecule has 120 valence electrons. The van der Waals surface area contributed by atoms with Crippen LogP contribution in [0.2, 0.25) is 0 Å². The SMILES string of the molecule is Cc1cc(NC(=O)CC(=O)Nc2c(C)cccc2C)ccc1Br. The molecule has 0 unspecified atom stereocenters. The molecular weight excluding hydrogens is 356 g/mol. The molecule has 0 aromatic heterocycles. The Kier molecular flexibility index (Phi) is 5.55. The molecular formula is C18H19BrN2O2. The molecule has 0 saturated heterocycles. The minimum atomic E-state index is -0.338. The van der Waals surface area contributed by atoms with E-state index in [1.165, 1.54) is 0 Å². The summed E-state index contributed by atoms with van der Waals surface area (Å²) >= 11 is 3.41. The Bertz CT molecular complexity index is 736. The number of rotatable bonds is 4. The Morgan fingerprint density at radius 1 is 0.913 bits per heavy atom. The Morgan fingerprint density at radius 3 is 2.13 bits per heavy atom. The van der Waals surface area contributed by atoms with Gasteiger partial charge in [0.05, 0.1) is 0 Å². The largest absolute Gasteiger partial charge is 0.326 e. The maximum atomic E-state index is 12.1. The minimum Gasteiger partial charge on any atom is -0.326 e. The summed E-state index contributed by atoms with van der Waals surface area (Å²) in [6.45, 7) is 5.79. The smallest absolute Gasteiger partial charge is 0.233 e. The van der Waals surface area contributed by atoms with Crippen molar-refractivity contribution in [2.45, 2.75) is 27.2 Å². The molecule has 5 heteroatoms. The van der Waals surface area contributed by atoms with E-state index < -0.39 is 0 Å². The number of hydrogen-bond donors (Lipinski definition) is 2. The summed E-state index contributed by atoms with van der Waals surface area (Å²) in [7, 11) is 0. The van der Waals surface area contributed by atoms with Gasteiger partial charge >= 0.3 is 0 Å². The standard InChI is InChI=1S/C18H19BrN2O2/c1-11-5-4-6-12(2)18(11)21-17(23)10-16(22)20-14-7-8-15(19)13(3)9-14/h4-9H,10H2,1-3H3,(H,20,22)(H,21,23). The van der Waals surface area contributed by atoms with E-state index in [0.717, 1.165) is 26.9 Å². The number of carbonyl (C=O) groups excluding carboxylic acids is 2. The van der Waals surface area contributed by atoms with E-state index >= 15 is 0 Å². The first-order chi connectivity index (χ1) is 10.9. The maximum Gasteiger partial charge on any atom is 0.233 e. The second-order valence-electron chi connectivity index (χ2n) is 5.50. The van der Waals surface area contributed by atoms with Crippen molar-refractivity contribution in [3.05, 3.63) is 57.6 Å². The lowest BCUT2D eigenvalue weighted by atomic mass is 10.1. The summed E-state index contributed by atoms with van der Waals surface area (Å²) in [6.07, 6.45) is -0.219. The van der Waals surface area contributed by atoms with Crippen LogP contribution in [0.5, 0.6) is 0 Å². The van der Waals surface area contributed by atoms with Crippen molar-refractivity contribution < 1.29 is 9.59 Å². The molecule has 2 aromatic carbocycles. The van der Waals surface area contributed by atoms with Crippen molar-refractivity contribution in [2.75, 3.05) is 10.6 Å². The van der Waals surface area contributed by atoms with Gasteiger partial charge in [-0.3, -0.25) is 9.59 Å². The van der Waals surface area contributed by atoms with Crippen LogP contribution >= 0.6 is 15.9 Å². The number of hydrogen-bond acceptors (Lipinski definition) is 2. The van der Waals surface area contributed by atoms with Crippen LogP contribution in [-0.2, 0) is 9.59 Å². The van der Waals surface area contributed by atoms with E-state index in [9.17, 15) is 9.59 Å². The molecule has 0 aliphatic carbocycles. The van der Waals surface area contributed by atoms with E-state index in [4.69, 9.17) is 0 Å². The normalized spacial score (nSPS) is 10.3. The number of para-hydroxylation sites is 1. The van der Waals surface area contributed by atoms with Crippen molar-refractivity contribution in [3.8, 4) is 0 Å². The summed E-state index contributed by atoms with van der Waals surface area (Å²) in [6, 6.07) is 11.3. The quantitative estimate of drug-likeness (QED) is 0.781. The van der Waals surface area contributed by atoms with Crippen LogP contribution in [0.4, 0.5) is 11.4 Å². The highest BCUT2D eigenvalue weighted by molar-refractivity contribution is 9.10. The molecule has 0 aliphatic heterocycles. The van der Waals surface area contributed by atoms with Crippen LogP contribution in [0.25, 0.3) is 0 Å². The number of carbonyl (C=O) groups is 2. The molecule has 0 bridgehead atoms. The Balaban J connectivity index is 1.97. The number of benzene rings is 2. The highest BCUT2D eigenvalue weighted by Crippen LogP contribution is 2.21. The topological polar surface area (TPSA) is 58.2 Å². The second-order valence-corrected chi connectivity index (χ2v) is 6.36. The molecule has 2 aromatic rings. The van der Waals surface area contributed by atoms with Gasteiger partial charge in [0, 0.05) is 15.8 Å². The fourth-order valence-corrected chi connectivity index (χ4v) is 2.52. The van der Waals surface area contributed by atoms with Gasteiger partial charge < -0.3 is 10.6 Å². The Morgan fingerprint density at radius 2 is 1.52 bits per heavy atom. The van der Waals surface area contributed by atoms with Crippen molar-refractivity contribution in [1.29, 1.82) is 0 Å². The number of aryl methyl sites for hydroxylation is 3. The number of anilines is 2. The predicted molar refractivity (Wildman–Crippen MR) is 96.7 cm³/mol. The number of amides is 2. The van der Waals surface area contributed by atoms with E-state index in [-0.39, 0.29) is 18.2 Å². The van der Waals surface area contributed by atoms with Crippen LogP contribution in [0.1, 0.15) is 23.1 Å². The summed E-state index contributed by atoms with van der Waals surface area (Å²) in [5.41, 5.74) is 4.41. The first-order valence-electron chi connectivity index (χ1n) is 7.29. The molecule has 0 aliphatic rings. The molecule has 4 nitrogen and oxygen atoms in total. The van der Waals surface area contributed by atoms with Crippen molar-refractivity contribution in [3.63, 3.8) is 0 Å². The number of nitrogens with one attached hydrogen (secondary N) is 2. The summed E-state index contributed by atoms with van der Waals surface area (Å²) in [5.74, 6) is -0.663. The molecule has 2 N–H and O–H groups in total. The Hall–Kier alpha value is -2.14. The third kappa shape index (κ3) is 4.66. The molecule has 2 amide bonds. The van der Waals surface area contributed by atoms with Crippen molar-refractivity contribution in [1.82, 2.24) is 0 Å². The third-order valence-electron chi connectivity index (χ3n) is 3.51. The first-order valence-corrected chi connectivity index (χ1v) is 8.08. The number of halogens is 1. The van der Waals surface area contributed by atoms with Gasteiger partial charge in [-0.1, -0.05) is 34.1 Å². The first kappa shape index (κ1) is 17.2. The van der Waals surface area contributed by atoms with E-state index in [1.807, 2.05) is 51.1 Å². The van der Waals surface area contributed by atoms with Crippen LogP contribution < -0.4 is 10.6 Å². The summed E-state index contributed by atoms with van der Waals surface area (Å²) in [4.78, 5) is 24.1. The zero-order chi connectivity index (χ0) is 17.0. The fourth-order valence-electron chi connectivity index (χ4n) is 2.27. The van der Waals surface area contributed by atoms with Crippen molar-refractivity contribution >= 4 is 39.1 Å². The molecule has 23 heavy (non-hydrogen) atoms. The predicted octanol–water partition coefficient (Wildman–Crippen LogP) is 4.34. The fraction of sp³-hybridized carbons (Fsp3) is 0.222. The molecule has 0 atom stereocenters. The van der Waals surface area contributed by atoms with Gasteiger partial charge in [0.15, 0.2) is 0 Å². The average molecular weight is 375 g/mol. The van der Waals surface area contributed by atoms with Gasteiger partial charge in [-0.15, -0.1) is 0 Å². The zero-order valence-electron chi connectivity index (χ0n) is 13.4. The van der Waals surface area contributed by atoms with Crippen LogP contribution in [0, 0.1) is 20.8 Å².